The Morgan fingerprint density at radius 1 is 1.00 bits per heavy atom. The molecule has 25 heavy (non-hydrogen) atoms. The number of anilines is 2. The Bertz CT molecular complexity index is 1040. The minimum Gasteiger partial charge on any atom is -0.316 e. The van der Waals surface area contributed by atoms with Gasteiger partial charge in [0.1, 0.15) is 5.82 Å². The van der Waals surface area contributed by atoms with Gasteiger partial charge in [-0.15, -0.1) is 0 Å². The number of halogens is 2. The second-order valence-corrected chi connectivity index (χ2v) is 7.26. The molecule has 0 bridgehead atoms. The predicted octanol–water partition coefficient (Wildman–Crippen LogP) is 5.32. The molecule has 0 unspecified atom stereocenters. The molecule has 0 amide bonds. The fourth-order valence-corrected chi connectivity index (χ4v) is 3.98. The first-order valence-electron chi connectivity index (χ1n) is 7.57. The molecule has 2 aromatic carbocycles. The number of rotatable bonds is 4. The zero-order valence-corrected chi connectivity index (χ0v) is 15.3. The molecule has 0 radical (unpaired) electrons. The number of nitrogens with one attached hydrogen (secondary N) is 1. The summed E-state index contributed by atoms with van der Waals surface area (Å²) >= 11 is 5.00. The van der Waals surface area contributed by atoms with E-state index in [9.17, 15) is 4.39 Å². The summed E-state index contributed by atoms with van der Waals surface area (Å²) in [5.41, 5.74) is 2.56. The van der Waals surface area contributed by atoms with Crippen molar-refractivity contribution in [3.63, 3.8) is 0 Å². The molecule has 1 N–H and O–H groups in total. The summed E-state index contributed by atoms with van der Waals surface area (Å²) in [7, 11) is 0. The summed E-state index contributed by atoms with van der Waals surface area (Å²) in [5.74, 6) is 0.397. The first-order chi connectivity index (χ1) is 12.2. The van der Waals surface area contributed by atoms with Crippen molar-refractivity contribution in [1.29, 1.82) is 0 Å². The summed E-state index contributed by atoms with van der Waals surface area (Å²) in [6.45, 7) is 0. The van der Waals surface area contributed by atoms with Crippen LogP contribution in [-0.2, 0) is 6.42 Å². The molecule has 0 aliphatic carbocycles. The van der Waals surface area contributed by atoms with E-state index in [0.717, 1.165) is 20.3 Å². The molecule has 7 heteroatoms. The minimum absolute atomic E-state index is 0.397. The lowest BCUT2D eigenvalue weighted by Crippen LogP contribution is -2.02. The van der Waals surface area contributed by atoms with E-state index in [1.165, 1.54) is 11.3 Å². The number of aromatic nitrogens is 3. The fraction of sp³-hybridized carbons (Fsp3) is 0.0556. The number of thiazole rings is 1. The van der Waals surface area contributed by atoms with Crippen LogP contribution in [0.15, 0.2) is 59.1 Å². The quantitative estimate of drug-likeness (QED) is 0.459. The predicted molar refractivity (Wildman–Crippen MR) is 102 cm³/mol. The van der Waals surface area contributed by atoms with Gasteiger partial charge in [-0.3, -0.25) is 0 Å². The molecule has 2 aromatic heterocycles. The molecule has 4 aromatic rings. The summed E-state index contributed by atoms with van der Waals surface area (Å²) in [4.78, 5) is 12.2. The molecule has 4 rings (SSSR count). The Kier molecular flexibility index (Phi) is 4.42. The average Bonchev–Trinajstić information content (AvgIpc) is 2.99. The first-order valence-corrected chi connectivity index (χ1v) is 9.18. The van der Waals surface area contributed by atoms with E-state index >= 15 is 0 Å². The first kappa shape index (κ1) is 16.1. The molecule has 0 fully saturated rings. The van der Waals surface area contributed by atoms with Crippen LogP contribution in [0.2, 0.25) is 0 Å². The molecule has 0 saturated heterocycles. The van der Waals surface area contributed by atoms with Gasteiger partial charge in [0.05, 0.1) is 15.9 Å². The van der Waals surface area contributed by atoms with E-state index < -0.39 is 6.08 Å². The zero-order valence-electron chi connectivity index (χ0n) is 12.9. The van der Waals surface area contributed by atoms with Gasteiger partial charge < -0.3 is 5.32 Å². The molecule has 0 atom stereocenters. The second-order valence-electron chi connectivity index (χ2n) is 5.41. The molecular weight excluding hydrogens is 403 g/mol. The molecule has 4 nitrogen and oxygen atoms in total. The third-order valence-electron chi connectivity index (χ3n) is 3.58. The monoisotopic (exact) mass is 414 g/mol. The Hall–Kier alpha value is -2.38. The van der Waals surface area contributed by atoms with Gasteiger partial charge in [0, 0.05) is 17.0 Å². The maximum absolute atomic E-state index is 13.8. The van der Waals surface area contributed by atoms with Crippen LogP contribution in [0.25, 0.3) is 10.2 Å². The minimum atomic E-state index is -0.752. The molecule has 0 aliphatic heterocycles. The number of fused-ring (bicyclic) bond motifs is 1. The van der Waals surface area contributed by atoms with Gasteiger partial charge in [-0.2, -0.15) is 9.37 Å². The maximum atomic E-state index is 13.8. The highest BCUT2D eigenvalue weighted by molar-refractivity contribution is 9.10. The lowest BCUT2D eigenvalue weighted by Gasteiger charge is -2.05. The molecule has 0 saturated carbocycles. The third kappa shape index (κ3) is 3.67. The van der Waals surface area contributed by atoms with Crippen LogP contribution in [-0.4, -0.2) is 15.0 Å². The van der Waals surface area contributed by atoms with Gasteiger partial charge in [0.25, 0.3) is 0 Å². The van der Waals surface area contributed by atoms with Crippen LogP contribution in [0.5, 0.6) is 0 Å². The van der Waals surface area contributed by atoms with Gasteiger partial charge in [-0.05, 0) is 33.6 Å². The summed E-state index contributed by atoms with van der Waals surface area (Å²) < 4.78 is 15.8. The van der Waals surface area contributed by atoms with Crippen molar-refractivity contribution in [3.8, 4) is 0 Å². The molecule has 0 spiro atoms. The SMILES string of the molecule is Fc1nc(Cc2ccccc2)cc(Nc2nc3cccc(Br)c3s2)n1. The second kappa shape index (κ2) is 6.85. The van der Waals surface area contributed by atoms with Gasteiger partial charge in [0.15, 0.2) is 5.13 Å². The maximum Gasteiger partial charge on any atom is 0.310 e. The highest BCUT2D eigenvalue weighted by Crippen LogP contribution is 2.33. The van der Waals surface area contributed by atoms with E-state index in [1.807, 2.05) is 48.5 Å². The van der Waals surface area contributed by atoms with Gasteiger partial charge in [-0.1, -0.05) is 47.7 Å². The van der Waals surface area contributed by atoms with E-state index in [2.05, 4.69) is 36.2 Å². The van der Waals surface area contributed by atoms with Crippen LogP contribution in [0.4, 0.5) is 15.3 Å². The Morgan fingerprint density at radius 3 is 2.64 bits per heavy atom. The summed E-state index contributed by atoms with van der Waals surface area (Å²) in [6, 6.07) is 17.4. The number of nitrogens with zero attached hydrogens (tertiary/aromatic N) is 3. The van der Waals surface area contributed by atoms with Gasteiger partial charge in [0.2, 0.25) is 0 Å². The molecule has 124 valence electrons. The lowest BCUT2D eigenvalue weighted by molar-refractivity contribution is 0.535. The molecular formula is C18H12BrFN4S. The van der Waals surface area contributed by atoms with Crippen molar-refractivity contribution >= 4 is 48.4 Å². The van der Waals surface area contributed by atoms with E-state index in [4.69, 9.17) is 0 Å². The smallest absolute Gasteiger partial charge is 0.310 e. The Morgan fingerprint density at radius 2 is 1.84 bits per heavy atom. The standard InChI is InChI=1S/C18H12BrFN4S/c19-13-7-4-8-14-16(13)25-18(22-14)24-15-10-12(21-17(20)23-15)9-11-5-2-1-3-6-11/h1-8,10H,9H2,(H,21,22,23,24). The van der Waals surface area contributed by atoms with Crippen molar-refractivity contribution in [2.24, 2.45) is 0 Å². The van der Waals surface area contributed by atoms with Crippen LogP contribution in [0.3, 0.4) is 0 Å². The molecule has 2 heterocycles. The lowest BCUT2D eigenvalue weighted by atomic mass is 10.1. The van der Waals surface area contributed by atoms with Gasteiger partial charge >= 0.3 is 6.08 Å². The van der Waals surface area contributed by atoms with Crippen molar-refractivity contribution in [2.45, 2.75) is 6.42 Å². The van der Waals surface area contributed by atoms with Crippen LogP contribution >= 0.6 is 27.3 Å². The summed E-state index contributed by atoms with van der Waals surface area (Å²) in [6.07, 6.45) is -0.210. The van der Waals surface area contributed by atoms with Crippen LogP contribution < -0.4 is 5.32 Å². The Balaban J connectivity index is 1.62. The van der Waals surface area contributed by atoms with Crippen molar-refractivity contribution < 1.29 is 4.39 Å². The Labute approximate surface area is 155 Å². The number of benzene rings is 2. The fourth-order valence-electron chi connectivity index (χ4n) is 2.50. The normalized spacial score (nSPS) is 11.0. The van der Waals surface area contributed by atoms with Crippen LogP contribution in [0.1, 0.15) is 11.3 Å². The number of hydrogen-bond donors (Lipinski definition) is 1. The summed E-state index contributed by atoms with van der Waals surface area (Å²) in [5, 5.41) is 3.74. The van der Waals surface area contributed by atoms with E-state index in [0.29, 0.717) is 23.1 Å². The highest BCUT2D eigenvalue weighted by Gasteiger charge is 2.10. The number of hydrogen-bond acceptors (Lipinski definition) is 5. The third-order valence-corrected chi connectivity index (χ3v) is 5.53. The topological polar surface area (TPSA) is 50.7 Å². The zero-order chi connectivity index (χ0) is 17.2. The largest absolute Gasteiger partial charge is 0.316 e. The van der Waals surface area contributed by atoms with E-state index in [-0.39, 0.29) is 0 Å². The van der Waals surface area contributed by atoms with Crippen molar-refractivity contribution in [3.05, 3.63) is 76.4 Å². The van der Waals surface area contributed by atoms with Crippen LogP contribution in [0, 0.1) is 6.08 Å². The van der Waals surface area contributed by atoms with E-state index in [1.54, 1.807) is 6.07 Å². The van der Waals surface area contributed by atoms with Crippen molar-refractivity contribution in [2.75, 3.05) is 5.32 Å². The average molecular weight is 415 g/mol. The van der Waals surface area contributed by atoms with Gasteiger partial charge in [-0.25, -0.2) is 9.97 Å². The van der Waals surface area contributed by atoms with Crippen molar-refractivity contribution in [1.82, 2.24) is 15.0 Å². The highest BCUT2D eigenvalue weighted by atomic mass is 79.9. The molecule has 0 aliphatic rings.